The van der Waals surface area contributed by atoms with E-state index in [1.165, 1.54) is 13.1 Å². The smallest absolute Gasteiger partial charge is 0.257 e. The summed E-state index contributed by atoms with van der Waals surface area (Å²) in [4.78, 5) is 28.0. The van der Waals surface area contributed by atoms with E-state index in [1.54, 1.807) is 60.8 Å². The minimum atomic E-state index is -0.327. The number of carbonyl (C=O) groups excluding carboxylic acids is 2. The molecule has 132 valence electrons. The largest absolute Gasteiger partial charge is 0.354 e. The Morgan fingerprint density at radius 3 is 2.37 bits per heavy atom. The monoisotopic (exact) mass is 356 g/mol. The van der Waals surface area contributed by atoms with Crippen LogP contribution in [0, 0.1) is 11.3 Å². The van der Waals surface area contributed by atoms with Gasteiger partial charge >= 0.3 is 0 Å². The Bertz CT molecular complexity index is 1040. The van der Waals surface area contributed by atoms with Gasteiger partial charge in [0.2, 0.25) is 0 Å². The van der Waals surface area contributed by atoms with Gasteiger partial charge < -0.3 is 10.6 Å². The third-order valence-electron chi connectivity index (χ3n) is 3.83. The molecule has 3 aromatic rings. The first kappa shape index (κ1) is 17.8. The number of ketones is 1. The molecule has 0 saturated carbocycles. The lowest BCUT2D eigenvalue weighted by molar-refractivity contribution is 0.101. The minimum Gasteiger partial charge on any atom is -0.354 e. The fourth-order valence-electron chi connectivity index (χ4n) is 2.45. The highest BCUT2D eigenvalue weighted by molar-refractivity contribution is 6.05. The highest BCUT2D eigenvalue weighted by atomic mass is 16.1. The number of anilines is 3. The molecule has 0 bridgehead atoms. The molecule has 0 aliphatic carbocycles. The first-order valence-corrected chi connectivity index (χ1v) is 8.20. The number of Topliss-reactive ketones (excluding diaryl/α,β-unsaturated/α-hetero) is 1. The second-order valence-corrected chi connectivity index (χ2v) is 5.87. The first-order chi connectivity index (χ1) is 13.0. The quantitative estimate of drug-likeness (QED) is 0.670. The number of nitrogens with zero attached hydrogens (tertiary/aromatic N) is 2. The topological polar surface area (TPSA) is 94.9 Å². The van der Waals surface area contributed by atoms with Crippen molar-refractivity contribution in [1.29, 1.82) is 5.26 Å². The lowest BCUT2D eigenvalue weighted by Crippen LogP contribution is -2.13. The maximum atomic E-state index is 12.5. The fourth-order valence-corrected chi connectivity index (χ4v) is 2.45. The fraction of sp³-hybridized carbons (Fsp3) is 0.0476. The van der Waals surface area contributed by atoms with E-state index in [0.717, 1.165) is 5.69 Å². The van der Waals surface area contributed by atoms with E-state index in [0.29, 0.717) is 28.1 Å². The molecule has 27 heavy (non-hydrogen) atoms. The zero-order chi connectivity index (χ0) is 19.2. The molecule has 0 spiro atoms. The number of nitrogens with one attached hydrogen (secondary N) is 2. The summed E-state index contributed by atoms with van der Waals surface area (Å²) in [6.07, 6.45) is 3.07. The van der Waals surface area contributed by atoms with Crippen LogP contribution >= 0.6 is 0 Å². The Labute approximate surface area is 156 Å². The third-order valence-corrected chi connectivity index (χ3v) is 3.83. The zero-order valence-electron chi connectivity index (χ0n) is 14.6. The van der Waals surface area contributed by atoms with Crippen LogP contribution < -0.4 is 10.6 Å². The van der Waals surface area contributed by atoms with Gasteiger partial charge in [-0.2, -0.15) is 5.26 Å². The number of benzene rings is 2. The number of carbonyl (C=O) groups is 2. The van der Waals surface area contributed by atoms with E-state index >= 15 is 0 Å². The zero-order valence-corrected chi connectivity index (χ0v) is 14.6. The summed E-state index contributed by atoms with van der Waals surface area (Å²) >= 11 is 0. The molecular weight excluding hydrogens is 340 g/mol. The molecule has 0 radical (unpaired) electrons. The number of pyridine rings is 1. The second kappa shape index (κ2) is 7.93. The Morgan fingerprint density at radius 1 is 0.926 bits per heavy atom. The molecule has 0 aliphatic heterocycles. The second-order valence-electron chi connectivity index (χ2n) is 5.87. The van der Waals surface area contributed by atoms with E-state index in [-0.39, 0.29) is 11.7 Å². The van der Waals surface area contributed by atoms with Gasteiger partial charge in [-0.3, -0.25) is 14.6 Å². The van der Waals surface area contributed by atoms with Crippen LogP contribution in [0.3, 0.4) is 0 Å². The molecule has 0 fully saturated rings. The Morgan fingerprint density at radius 2 is 1.67 bits per heavy atom. The van der Waals surface area contributed by atoms with E-state index < -0.39 is 0 Å². The highest BCUT2D eigenvalue weighted by Gasteiger charge is 2.09. The Balaban J connectivity index is 1.74. The summed E-state index contributed by atoms with van der Waals surface area (Å²) in [6.45, 7) is 1.48. The van der Waals surface area contributed by atoms with Crippen molar-refractivity contribution in [2.24, 2.45) is 0 Å². The number of rotatable bonds is 5. The Kier molecular flexibility index (Phi) is 5.24. The molecule has 1 amide bonds. The summed E-state index contributed by atoms with van der Waals surface area (Å²) in [5.74, 6) is -0.395. The van der Waals surface area contributed by atoms with Crippen molar-refractivity contribution in [2.75, 3.05) is 10.6 Å². The molecule has 6 heteroatoms. The molecule has 6 nitrogen and oxygen atoms in total. The van der Waals surface area contributed by atoms with Crippen molar-refractivity contribution in [3.05, 3.63) is 83.7 Å². The summed E-state index contributed by atoms with van der Waals surface area (Å²) in [7, 11) is 0. The van der Waals surface area contributed by atoms with Crippen LogP contribution in [0.1, 0.15) is 33.2 Å². The van der Waals surface area contributed by atoms with Gasteiger partial charge in [0, 0.05) is 23.1 Å². The molecule has 1 heterocycles. The molecule has 0 unspecified atom stereocenters. The van der Waals surface area contributed by atoms with Crippen LogP contribution in [0.2, 0.25) is 0 Å². The molecule has 3 rings (SSSR count). The van der Waals surface area contributed by atoms with Crippen molar-refractivity contribution >= 4 is 28.8 Å². The first-order valence-electron chi connectivity index (χ1n) is 8.20. The van der Waals surface area contributed by atoms with Crippen LogP contribution in [-0.2, 0) is 0 Å². The molecule has 0 atom stereocenters. The molecule has 1 aromatic heterocycles. The predicted molar refractivity (Wildman–Crippen MR) is 103 cm³/mol. The number of nitriles is 1. The highest BCUT2D eigenvalue weighted by Crippen LogP contribution is 2.18. The van der Waals surface area contributed by atoms with Crippen molar-refractivity contribution in [2.45, 2.75) is 6.92 Å². The average Bonchev–Trinajstić information content (AvgIpc) is 2.69. The van der Waals surface area contributed by atoms with E-state index in [2.05, 4.69) is 21.7 Å². The van der Waals surface area contributed by atoms with Crippen LogP contribution in [0.5, 0.6) is 0 Å². The van der Waals surface area contributed by atoms with E-state index in [4.69, 9.17) is 5.26 Å². The van der Waals surface area contributed by atoms with Gasteiger partial charge in [-0.15, -0.1) is 0 Å². The number of amides is 1. The van der Waals surface area contributed by atoms with Crippen LogP contribution in [0.25, 0.3) is 0 Å². The lowest BCUT2D eigenvalue weighted by atomic mass is 10.1. The number of hydrogen-bond donors (Lipinski definition) is 2. The van der Waals surface area contributed by atoms with Gasteiger partial charge in [-0.25, -0.2) is 0 Å². The predicted octanol–water partition coefficient (Wildman–Crippen LogP) is 4.15. The van der Waals surface area contributed by atoms with E-state index in [9.17, 15) is 9.59 Å². The van der Waals surface area contributed by atoms with Gasteiger partial charge in [0.1, 0.15) is 0 Å². The molecule has 0 aliphatic rings. The molecule has 0 saturated heterocycles. The van der Waals surface area contributed by atoms with Crippen molar-refractivity contribution in [1.82, 2.24) is 4.98 Å². The summed E-state index contributed by atoms with van der Waals surface area (Å²) in [6, 6.07) is 17.5. The SMILES string of the molecule is CC(=O)c1cccc(NC(=O)c2cncc(Nc3ccc(C#N)cc3)c2)c1. The third kappa shape index (κ3) is 4.55. The maximum absolute atomic E-state index is 12.5. The number of aromatic nitrogens is 1. The van der Waals surface area contributed by atoms with Gasteiger partial charge in [0.05, 0.1) is 29.1 Å². The van der Waals surface area contributed by atoms with E-state index in [1.807, 2.05) is 0 Å². The van der Waals surface area contributed by atoms with Gasteiger partial charge in [-0.1, -0.05) is 12.1 Å². The van der Waals surface area contributed by atoms with Gasteiger partial charge in [-0.05, 0) is 49.4 Å². The van der Waals surface area contributed by atoms with Gasteiger partial charge in [0.25, 0.3) is 5.91 Å². The average molecular weight is 356 g/mol. The Hall–Kier alpha value is -3.98. The summed E-state index contributed by atoms with van der Waals surface area (Å²) < 4.78 is 0. The molecule has 2 N–H and O–H groups in total. The number of hydrogen-bond acceptors (Lipinski definition) is 5. The summed E-state index contributed by atoms with van der Waals surface area (Å²) in [5, 5.41) is 14.7. The van der Waals surface area contributed by atoms with Crippen LogP contribution in [0.15, 0.2) is 67.0 Å². The van der Waals surface area contributed by atoms with Crippen LogP contribution in [-0.4, -0.2) is 16.7 Å². The standard InChI is InChI=1S/C21H16N4O2/c1-14(26)16-3-2-4-19(9-16)25-21(27)17-10-20(13-23-12-17)24-18-7-5-15(11-22)6-8-18/h2-10,12-13,24H,1H3,(H,25,27). The maximum Gasteiger partial charge on any atom is 0.257 e. The molecular formula is C21H16N4O2. The minimum absolute atomic E-state index is 0.0682. The van der Waals surface area contributed by atoms with Gasteiger partial charge in [0.15, 0.2) is 5.78 Å². The van der Waals surface area contributed by atoms with Crippen LogP contribution in [0.4, 0.5) is 17.1 Å². The normalized spacial score (nSPS) is 9.93. The molecule has 2 aromatic carbocycles. The van der Waals surface area contributed by atoms with Crippen molar-refractivity contribution in [3.63, 3.8) is 0 Å². The van der Waals surface area contributed by atoms with Crippen molar-refractivity contribution in [3.8, 4) is 6.07 Å². The van der Waals surface area contributed by atoms with Crippen molar-refractivity contribution < 1.29 is 9.59 Å². The summed E-state index contributed by atoms with van der Waals surface area (Å²) in [5.41, 5.74) is 3.44. The lowest BCUT2D eigenvalue weighted by Gasteiger charge is -2.09.